The van der Waals surface area contributed by atoms with E-state index in [-0.39, 0.29) is 0 Å². The minimum absolute atomic E-state index is 0.718. The van der Waals surface area contributed by atoms with Gasteiger partial charge >= 0.3 is 0 Å². The van der Waals surface area contributed by atoms with Gasteiger partial charge in [-0.15, -0.1) is 0 Å². The summed E-state index contributed by atoms with van der Waals surface area (Å²) in [5.41, 5.74) is 8.18. The van der Waals surface area contributed by atoms with Crippen LogP contribution in [0.3, 0.4) is 0 Å². The molecular weight excluding hydrogens is 397 g/mol. The van der Waals surface area contributed by atoms with Gasteiger partial charge in [-0.2, -0.15) is 0 Å². The summed E-state index contributed by atoms with van der Waals surface area (Å²) in [6.45, 7) is 4.31. The number of nitrogens with zero attached hydrogens (tertiary/aromatic N) is 1. The van der Waals surface area contributed by atoms with Crippen LogP contribution in [0.4, 0.5) is 17.1 Å². The monoisotopic (exact) mass is 417 g/mol. The molecule has 0 unspecified atom stereocenters. The standard InChI is InChI=1S/C26H21Cl2N/c1-18-5-3-4-6-25(18)26-16-15-24(17-19(26)2)29(22-11-7-20(27)8-12-22)23-13-9-21(28)10-14-23/h3-17H,1-2H3. The van der Waals surface area contributed by atoms with Crippen molar-refractivity contribution in [1.82, 2.24) is 0 Å². The number of hydrogen-bond acceptors (Lipinski definition) is 1. The Kier molecular flexibility index (Phi) is 5.62. The molecule has 0 N–H and O–H groups in total. The maximum Gasteiger partial charge on any atom is 0.0464 e. The van der Waals surface area contributed by atoms with Crippen LogP contribution < -0.4 is 4.90 Å². The van der Waals surface area contributed by atoms with E-state index in [1.54, 1.807) is 0 Å². The Labute approximate surface area is 182 Å². The molecule has 0 radical (unpaired) electrons. The van der Waals surface area contributed by atoms with Gasteiger partial charge in [0.1, 0.15) is 0 Å². The highest BCUT2D eigenvalue weighted by Gasteiger charge is 2.14. The lowest BCUT2D eigenvalue weighted by molar-refractivity contribution is 1.27. The zero-order chi connectivity index (χ0) is 20.4. The number of halogens is 2. The van der Waals surface area contributed by atoms with Crippen molar-refractivity contribution < 1.29 is 0 Å². The van der Waals surface area contributed by atoms with Crippen LogP contribution in [0.5, 0.6) is 0 Å². The molecule has 0 spiro atoms. The van der Waals surface area contributed by atoms with E-state index in [1.807, 2.05) is 48.5 Å². The summed E-state index contributed by atoms with van der Waals surface area (Å²) in [7, 11) is 0. The molecule has 0 heterocycles. The maximum atomic E-state index is 6.12. The van der Waals surface area contributed by atoms with Gasteiger partial charge < -0.3 is 4.90 Å². The minimum Gasteiger partial charge on any atom is -0.310 e. The molecule has 1 nitrogen and oxygen atoms in total. The Balaban J connectivity index is 1.82. The molecule has 29 heavy (non-hydrogen) atoms. The maximum absolute atomic E-state index is 6.12. The fourth-order valence-corrected chi connectivity index (χ4v) is 3.84. The van der Waals surface area contributed by atoms with Crippen molar-refractivity contribution in [3.63, 3.8) is 0 Å². The summed E-state index contributed by atoms with van der Waals surface area (Å²) in [6, 6.07) is 30.8. The lowest BCUT2D eigenvalue weighted by Gasteiger charge is -2.26. The van der Waals surface area contributed by atoms with Crippen LogP contribution in [0.2, 0.25) is 10.0 Å². The van der Waals surface area contributed by atoms with E-state index in [4.69, 9.17) is 23.2 Å². The van der Waals surface area contributed by atoms with Crippen molar-refractivity contribution in [2.24, 2.45) is 0 Å². The number of rotatable bonds is 4. The third-order valence-corrected chi connectivity index (χ3v) is 5.58. The first kappa shape index (κ1) is 19.6. The molecule has 0 bridgehead atoms. The second-order valence-corrected chi connectivity index (χ2v) is 7.98. The molecule has 0 fully saturated rings. The summed E-state index contributed by atoms with van der Waals surface area (Å²) in [5.74, 6) is 0. The Bertz CT molecular complexity index is 1090. The second-order valence-electron chi connectivity index (χ2n) is 7.10. The third-order valence-electron chi connectivity index (χ3n) is 5.07. The van der Waals surface area contributed by atoms with Crippen molar-refractivity contribution in [3.8, 4) is 11.1 Å². The normalized spacial score (nSPS) is 10.8. The Hall–Kier alpha value is -2.74. The molecule has 3 heteroatoms. The largest absolute Gasteiger partial charge is 0.310 e. The van der Waals surface area contributed by atoms with Gasteiger partial charge in [0.2, 0.25) is 0 Å². The van der Waals surface area contributed by atoms with Gasteiger partial charge in [0, 0.05) is 27.1 Å². The number of anilines is 3. The van der Waals surface area contributed by atoms with E-state index in [0.29, 0.717) is 0 Å². The summed E-state index contributed by atoms with van der Waals surface area (Å²) < 4.78 is 0. The smallest absolute Gasteiger partial charge is 0.0464 e. The van der Waals surface area contributed by atoms with Crippen LogP contribution in [-0.4, -0.2) is 0 Å². The third kappa shape index (κ3) is 4.17. The molecule has 4 aromatic rings. The lowest BCUT2D eigenvalue weighted by Crippen LogP contribution is -2.10. The van der Waals surface area contributed by atoms with Crippen molar-refractivity contribution in [3.05, 3.63) is 112 Å². The minimum atomic E-state index is 0.718. The fourth-order valence-electron chi connectivity index (χ4n) is 3.59. The first-order chi connectivity index (χ1) is 14.0. The molecule has 0 saturated heterocycles. The summed E-state index contributed by atoms with van der Waals surface area (Å²) >= 11 is 12.2. The quantitative estimate of drug-likeness (QED) is 0.320. The molecule has 0 amide bonds. The van der Waals surface area contributed by atoms with E-state index in [9.17, 15) is 0 Å². The topological polar surface area (TPSA) is 3.24 Å². The fraction of sp³-hybridized carbons (Fsp3) is 0.0769. The molecule has 0 saturated carbocycles. The van der Waals surface area contributed by atoms with Crippen molar-refractivity contribution in [2.45, 2.75) is 13.8 Å². The van der Waals surface area contributed by atoms with Crippen molar-refractivity contribution in [1.29, 1.82) is 0 Å². The van der Waals surface area contributed by atoms with E-state index < -0.39 is 0 Å². The summed E-state index contributed by atoms with van der Waals surface area (Å²) in [4.78, 5) is 2.21. The van der Waals surface area contributed by atoms with Crippen LogP contribution >= 0.6 is 23.2 Å². The zero-order valence-corrected chi connectivity index (χ0v) is 17.9. The van der Waals surface area contributed by atoms with Crippen LogP contribution in [0, 0.1) is 13.8 Å². The summed E-state index contributed by atoms with van der Waals surface area (Å²) in [5, 5.41) is 1.44. The van der Waals surface area contributed by atoms with Crippen LogP contribution in [0.1, 0.15) is 11.1 Å². The predicted octanol–water partition coefficient (Wildman–Crippen LogP) is 8.75. The second kappa shape index (κ2) is 8.32. The molecule has 4 rings (SSSR count). The van der Waals surface area contributed by atoms with Gasteiger partial charge in [-0.1, -0.05) is 53.5 Å². The van der Waals surface area contributed by atoms with E-state index in [0.717, 1.165) is 27.1 Å². The van der Waals surface area contributed by atoms with Crippen molar-refractivity contribution in [2.75, 3.05) is 4.90 Å². The van der Waals surface area contributed by atoms with Gasteiger partial charge in [0.05, 0.1) is 0 Å². The number of aryl methyl sites for hydroxylation is 2. The highest BCUT2D eigenvalue weighted by atomic mass is 35.5. The first-order valence-electron chi connectivity index (χ1n) is 9.51. The Morgan fingerprint density at radius 2 is 1.00 bits per heavy atom. The average molecular weight is 418 g/mol. The lowest BCUT2D eigenvalue weighted by atomic mass is 9.96. The van der Waals surface area contributed by atoms with Gasteiger partial charge in [-0.3, -0.25) is 0 Å². The molecule has 0 atom stereocenters. The van der Waals surface area contributed by atoms with E-state index in [1.165, 1.54) is 22.3 Å². The Morgan fingerprint density at radius 3 is 1.52 bits per heavy atom. The van der Waals surface area contributed by atoms with Crippen LogP contribution in [-0.2, 0) is 0 Å². The van der Waals surface area contributed by atoms with Crippen LogP contribution in [0.25, 0.3) is 11.1 Å². The molecule has 0 aliphatic heterocycles. The number of benzene rings is 4. The van der Waals surface area contributed by atoms with Crippen LogP contribution in [0.15, 0.2) is 91.0 Å². The highest BCUT2D eigenvalue weighted by Crippen LogP contribution is 2.38. The molecule has 4 aromatic carbocycles. The highest BCUT2D eigenvalue weighted by molar-refractivity contribution is 6.31. The van der Waals surface area contributed by atoms with Gasteiger partial charge in [0.25, 0.3) is 0 Å². The molecule has 144 valence electrons. The molecule has 0 aliphatic rings. The van der Waals surface area contributed by atoms with E-state index >= 15 is 0 Å². The molecule has 0 aromatic heterocycles. The van der Waals surface area contributed by atoms with Crippen molar-refractivity contribution >= 4 is 40.3 Å². The first-order valence-corrected chi connectivity index (χ1v) is 10.3. The molecular formula is C26H21Cl2N. The van der Waals surface area contributed by atoms with E-state index in [2.05, 4.69) is 61.2 Å². The van der Waals surface area contributed by atoms with Gasteiger partial charge in [-0.25, -0.2) is 0 Å². The predicted molar refractivity (Wildman–Crippen MR) is 126 cm³/mol. The zero-order valence-electron chi connectivity index (χ0n) is 16.4. The SMILES string of the molecule is Cc1ccccc1-c1ccc(N(c2ccc(Cl)cc2)c2ccc(Cl)cc2)cc1C. The number of hydrogen-bond donors (Lipinski definition) is 0. The van der Waals surface area contributed by atoms with Gasteiger partial charge in [0.15, 0.2) is 0 Å². The average Bonchev–Trinajstić information content (AvgIpc) is 2.72. The summed E-state index contributed by atoms with van der Waals surface area (Å²) in [6.07, 6.45) is 0. The van der Waals surface area contributed by atoms with Gasteiger partial charge in [-0.05, 0) is 96.8 Å². The Morgan fingerprint density at radius 1 is 0.517 bits per heavy atom. The molecule has 0 aliphatic carbocycles.